The summed E-state index contributed by atoms with van der Waals surface area (Å²) in [7, 11) is 0. The Morgan fingerprint density at radius 1 is 1.39 bits per heavy atom. The van der Waals surface area contributed by atoms with Gasteiger partial charge in [-0.1, -0.05) is 23.7 Å². The minimum Gasteiger partial charge on any atom is -0.479 e. The maximum absolute atomic E-state index is 11.4. The number of carboxylic acids is 1. The predicted molar refractivity (Wildman–Crippen MR) is 66.3 cm³/mol. The van der Waals surface area contributed by atoms with Gasteiger partial charge in [0, 0.05) is 11.6 Å². The van der Waals surface area contributed by atoms with Crippen molar-refractivity contribution in [1.29, 1.82) is 0 Å². The molecule has 0 aromatic heterocycles. The van der Waals surface area contributed by atoms with Gasteiger partial charge in [-0.25, -0.2) is 4.79 Å². The minimum absolute atomic E-state index is 0.277. The third-order valence-corrected chi connectivity index (χ3v) is 2.47. The number of ether oxygens (including phenoxy) is 1. The summed E-state index contributed by atoms with van der Waals surface area (Å²) in [6.07, 6.45) is -0.994. The Labute approximate surface area is 110 Å². The van der Waals surface area contributed by atoms with Crippen molar-refractivity contribution in [2.75, 3.05) is 6.61 Å². The van der Waals surface area contributed by atoms with Crippen molar-refractivity contribution < 1.29 is 19.4 Å². The molecule has 6 heteroatoms. The average Bonchev–Trinajstić information content (AvgIpc) is 2.35. The van der Waals surface area contributed by atoms with Crippen LogP contribution in [0, 0.1) is 0 Å². The molecular weight excluding hydrogens is 258 g/mol. The Kier molecular flexibility index (Phi) is 5.61. The summed E-state index contributed by atoms with van der Waals surface area (Å²) in [6, 6.07) is 7.05. The molecule has 1 aromatic rings. The smallest absolute Gasteiger partial charge is 0.332 e. The van der Waals surface area contributed by atoms with Crippen LogP contribution in [0.3, 0.4) is 0 Å². The van der Waals surface area contributed by atoms with Crippen LogP contribution in [0.1, 0.15) is 12.5 Å². The first-order valence-corrected chi connectivity index (χ1v) is 5.72. The molecule has 1 unspecified atom stereocenters. The first-order valence-electron chi connectivity index (χ1n) is 5.34. The van der Waals surface area contributed by atoms with E-state index in [4.69, 9.17) is 21.4 Å². The molecule has 0 spiro atoms. The van der Waals surface area contributed by atoms with Crippen LogP contribution in [0.15, 0.2) is 24.3 Å². The molecule has 98 valence electrons. The second-order valence-electron chi connectivity index (χ2n) is 3.69. The molecule has 0 heterocycles. The van der Waals surface area contributed by atoms with Crippen molar-refractivity contribution in [1.82, 2.24) is 5.32 Å². The number of aliphatic carboxylic acids is 1. The number of hydrogen-bond acceptors (Lipinski definition) is 3. The summed E-state index contributed by atoms with van der Waals surface area (Å²) in [5, 5.41) is 11.8. The highest BCUT2D eigenvalue weighted by Crippen LogP contribution is 2.08. The van der Waals surface area contributed by atoms with Gasteiger partial charge in [-0.05, 0) is 24.6 Å². The molecule has 0 aliphatic rings. The van der Waals surface area contributed by atoms with E-state index in [1.165, 1.54) is 6.92 Å². The summed E-state index contributed by atoms with van der Waals surface area (Å²) in [5.41, 5.74) is 0.902. The minimum atomic E-state index is -1.10. The largest absolute Gasteiger partial charge is 0.479 e. The summed E-state index contributed by atoms with van der Waals surface area (Å²) >= 11 is 5.73. The number of carbonyl (C=O) groups excluding carboxylic acids is 1. The highest BCUT2D eigenvalue weighted by molar-refractivity contribution is 6.30. The molecule has 0 bridgehead atoms. The summed E-state index contributed by atoms with van der Waals surface area (Å²) in [6.45, 7) is 1.44. The standard InChI is InChI=1S/C12H14ClNO4/c1-8(12(16)17)18-7-11(15)14-6-9-2-4-10(13)5-3-9/h2-5,8H,6-7H2,1H3,(H,14,15)(H,16,17). The fraction of sp³-hybridized carbons (Fsp3) is 0.333. The Morgan fingerprint density at radius 2 is 2.00 bits per heavy atom. The molecule has 0 saturated heterocycles. The topological polar surface area (TPSA) is 75.6 Å². The van der Waals surface area contributed by atoms with Crippen LogP contribution in [0.4, 0.5) is 0 Å². The maximum Gasteiger partial charge on any atom is 0.332 e. The zero-order valence-electron chi connectivity index (χ0n) is 9.85. The van der Waals surface area contributed by atoms with E-state index >= 15 is 0 Å². The van der Waals surface area contributed by atoms with Crippen molar-refractivity contribution in [2.24, 2.45) is 0 Å². The lowest BCUT2D eigenvalue weighted by Gasteiger charge is -2.09. The van der Waals surface area contributed by atoms with Crippen molar-refractivity contribution in [3.8, 4) is 0 Å². The number of amides is 1. The molecular formula is C12H14ClNO4. The molecule has 0 aliphatic carbocycles. The molecule has 0 saturated carbocycles. The third kappa shape index (κ3) is 5.16. The van der Waals surface area contributed by atoms with Crippen molar-refractivity contribution in [3.63, 3.8) is 0 Å². The van der Waals surface area contributed by atoms with Crippen LogP contribution < -0.4 is 5.32 Å². The van der Waals surface area contributed by atoms with E-state index in [0.717, 1.165) is 5.56 Å². The van der Waals surface area contributed by atoms with Gasteiger partial charge in [-0.2, -0.15) is 0 Å². The first-order chi connectivity index (χ1) is 8.49. The highest BCUT2D eigenvalue weighted by atomic mass is 35.5. The van der Waals surface area contributed by atoms with Gasteiger partial charge in [0.2, 0.25) is 5.91 Å². The second kappa shape index (κ2) is 6.98. The quantitative estimate of drug-likeness (QED) is 0.821. The van der Waals surface area contributed by atoms with Crippen molar-refractivity contribution >= 4 is 23.5 Å². The number of halogens is 1. The zero-order chi connectivity index (χ0) is 13.5. The molecule has 18 heavy (non-hydrogen) atoms. The highest BCUT2D eigenvalue weighted by Gasteiger charge is 2.12. The number of carbonyl (C=O) groups is 2. The van der Waals surface area contributed by atoms with Crippen LogP contribution in [0.2, 0.25) is 5.02 Å². The van der Waals surface area contributed by atoms with Gasteiger partial charge in [0.15, 0.2) is 6.10 Å². The predicted octanol–water partition coefficient (Wildman–Crippen LogP) is 1.45. The Morgan fingerprint density at radius 3 is 2.56 bits per heavy atom. The van der Waals surface area contributed by atoms with Crippen molar-refractivity contribution in [3.05, 3.63) is 34.9 Å². The molecule has 5 nitrogen and oxygen atoms in total. The number of benzene rings is 1. The SMILES string of the molecule is CC(OCC(=O)NCc1ccc(Cl)cc1)C(=O)O. The normalized spacial score (nSPS) is 11.9. The average molecular weight is 272 g/mol. The molecule has 1 aromatic carbocycles. The molecule has 1 atom stereocenters. The van der Waals surface area contributed by atoms with Gasteiger partial charge >= 0.3 is 5.97 Å². The molecule has 0 aliphatic heterocycles. The van der Waals surface area contributed by atoms with Gasteiger partial charge < -0.3 is 15.2 Å². The molecule has 0 fully saturated rings. The Balaban J connectivity index is 2.29. The van der Waals surface area contributed by atoms with E-state index in [0.29, 0.717) is 11.6 Å². The monoisotopic (exact) mass is 271 g/mol. The molecule has 1 amide bonds. The van der Waals surface area contributed by atoms with Gasteiger partial charge in [0.05, 0.1) is 0 Å². The van der Waals surface area contributed by atoms with Gasteiger partial charge in [0.1, 0.15) is 6.61 Å². The van der Waals surface area contributed by atoms with Crippen LogP contribution in [-0.4, -0.2) is 29.7 Å². The summed E-state index contributed by atoms with van der Waals surface area (Å²) in [4.78, 5) is 21.8. The van der Waals surface area contributed by atoms with Crippen LogP contribution in [-0.2, 0) is 20.9 Å². The van der Waals surface area contributed by atoms with E-state index < -0.39 is 12.1 Å². The molecule has 1 rings (SSSR count). The maximum atomic E-state index is 11.4. The summed E-state index contributed by atoms with van der Waals surface area (Å²) < 4.78 is 4.84. The Hall–Kier alpha value is -1.59. The first kappa shape index (κ1) is 14.5. The molecule has 2 N–H and O–H groups in total. The van der Waals surface area contributed by atoms with Gasteiger partial charge in [-0.3, -0.25) is 4.79 Å². The van der Waals surface area contributed by atoms with E-state index in [1.807, 2.05) is 0 Å². The van der Waals surface area contributed by atoms with Gasteiger partial charge in [0.25, 0.3) is 0 Å². The third-order valence-electron chi connectivity index (χ3n) is 2.22. The van der Waals surface area contributed by atoms with Crippen LogP contribution in [0.25, 0.3) is 0 Å². The van der Waals surface area contributed by atoms with E-state index in [-0.39, 0.29) is 12.5 Å². The number of rotatable bonds is 6. The Bertz CT molecular complexity index is 419. The second-order valence-corrected chi connectivity index (χ2v) is 4.13. The number of hydrogen-bond donors (Lipinski definition) is 2. The van der Waals surface area contributed by atoms with E-state index in [1.54, 1.807) is 24.3 Å². The summed E-state index contributed by atoms with van der Waals surface area (Å²) in [5.74, 6) is -1.46. The fourth-order valence-electron chi connectivity index (χ4n) is 1.13. The lowest BCUT2D eigenvalue weighted by atomic mass is 10.2. The molecule has 0 radical (unpaired) electrons. The lowest BCUT2D eigenvalue weighted by molar-refractivity contribution is -0.150. The zero-order valence-corrected chi connectivity index (χ0v) is 10.6. The van der Waals surface area contributed by atoms with Gasteiger partial charge in [-0.15, -0.1) is 0 Å². The van der Waals surface area contributed by atoms with Crippen molar-refractivity contribution in [2.45, 2.75) is 19.6 Å². The van der Waals surface area contributed by atoms with Crippen LogP contribution in [0.5, 0.6) is 0 Å². The van der Waals surface area contributed by atoms with Crippen LogP contribution >= 0.6 is 11.6 Å². The fourth-order valence-corrected chi connectivity index (χ4v) is 1.25. The lowest BCUT2D eigenvalue weighted by Crippen LogP contribution is -2.31. The number of nitrogens with one attached hydrogen (secondary N) is 1. The van der Waals surface area contributed by atoms with E-state index in [2.05, 4.69) is 5.32 Å². The number of carboxylic acid groups (broad SMARTS) is 1. The van der Waals surface area contributed by atoms with E-state index in [9.17, 15) is 9.59 Å².